The maximum atomic E-state index is 9.44. The summed E-state index contributed by atoms with van der Waals surface area (Å²) in [7, 11) is 0. The van der Waals surface area contributed by atoms with Crippen molar-refractivity contribution in [3.8, 4) is 5.75 Å². The van der Waals surface area contributed by atoms with Crippen LogP contribution in [0.3, 0.4) is 0 Å². The second kappa shape index (κ2) is 4.49. The number of phenolic OH excluding ortho intramolecular Hbond substituents is 1. The number of aryl methyl sites for hydroxylation is 1. The Morgan fingerprint density at radius 1 is 1.46 bits per heavy atom. The summed E-state index contributed by atoms with van der Waals surface area (Å²) in [5.41, 5.74) is 0.824. The summed E-state index contributed by atoms with van der Waals surface area (Å²) in [6.07, 6.45) is 0.977. The second-order valence-electron chi connectivity index (χ2n) is 3.16. The average Bonchev–Trinajstić information content (AvgIpc) is 2.02. The fourth-order valence-electron chi connectivity index (χ4n) is 1.11. The minimum atomic E-state index is -0.338. The van der Waals surface area contributed by atoms with Crippen LogP contribution in [0.2, 0.25) is 5.02 Å². The Morgan fingerprint density at radius 3 is 2.69 bits per heavy atom. The van der Waals surface area contributed by atoms with Gasteiger partial charge in [-0.3, -0.25) is 0 Å². The summed E-state index contributed by atoms with van der Waals surface area (Å²) < 4.78 is 0. The van der Waals surface area contributed by atoms with Crippen LogP contribution < -0.4 is 0 Å². The number of aliphatic hydroxyl groups excluding tert-OH is 1. The molecule has 0 radical (unpaired) electrons. The maximum Gasteiger partial charge on any atom is 0.120 e. The van der Waals surface area contributed by atoms with Crippen LogP contribution in [0.15, 0.2) is 18.2 Å². The molecule has 2 nitrogen and oxygen atoms in total. The van der Waals surface area contributed by atoms with Gasteiger partial charge in [0.15, 0.2) is 0 Å². The molecule has 13 heavy (non-hydrogen) atoms. The SMILES string of the molecule is C[C@@H](O)CCc1ccc(Cl)cc1O. The summed E-state index contributed by atoms with van der Waals surface area (Å²) in [4.78, 5) is 0. The Bertz CT molecular complexity index is 284. The zero-order valence-electron chi connectivity index (χ0n) is 7.50. The Labute approximate surface area is 82.8 Å². The van der Waals surface area contributed by atoms with Gasteiger partial charge in [-0.05, 0) is 37.5 Å². The van der Waals surface area contributed by atoms with E-state index in [2.05, 4.69) is 0 Å². The minimum Gasteiger partial charge on any atom is -0.508 e. The third-order valence-electron chi connectivity index (χ3n) is 1.88. The first-order valence-electron chi connectivity index (χ1n) is 4.25. The summed E-state index contributed by atoms with van der Waals surface area (Å²) in [5.74, 6) is 0.202. The summed E-state index contributed by atoms with van der Waals surface area (Å²) in [6.45, 7) is 1.73. The average molecular weight is 201 g/mol. The first-order valence-corrected chi connectivity index (χ1v) is 4.63. The molecule has 0 aromatic heterocycles. The molecule has 0 aliphatic carbocycles. The lowest BCUT2D eigenvalue weighted by Crippen LogP contribution is -2.01. The van der Waals surface area contributed by atoms with Gasteiger partial charge in [0.1, 0.15) is 5.75 Å². The number of hydrogen-bond acceptors (Lipinski definition) is 2. The lowest BCUT2D eigenvalue weighted by molar-refractivity contribution is 0.184. The third-order valence-corrected chi connectivity index (χ3v) is 2.11. The number of aliphatic hydroxyl groups is 1. The summed E-state index contributed by atoms with van der Waals surface area (Å²) in [6, 6.07) is 5.03. The molecule has 0 spiro atoms. The molecule has 0 fully saturated rings. The van der Waals surface area contributed by atoms with E-state index in [1.54, 1.807) is 19.1 Å². The van der Waals surface area contributed by atoms with E-state index in [0.717, 1.165) is 5.56 Å². The van der Waals surface area contributed by atoms with Crippen LogP contribution >= 0.6 is 11.6 Å². The molecule has 1 aromatic rings. The number of phenols is 1. The molecule has 3 heteroatoms. The molecular weight excluding hydrogens is 188 g/mol. The van der Waals surface area contributed by atoms with Crippen LogP contribution in [0.4, 0.5) is 0 Å². The van der Waals surface area contributed by atoms with E-state index in [1.165, 1.54) is 6.07 Å². The van der Waals surface area contributed by atoms with Gasteiger partial charge in [0.05, 0.1) is 6.10 Å². The first-order chi connectivity index (χ1) is 6.09. The van der Waals surface area contributed by atoms with Gasteiger partial charge >= 0.3 is 0 Å². The van der Waals surface area contributed by atoms with Crippen LogP contribution in [0.25, 0.3) is 0 Å². The molecule has 1 aromatic carbocycles. The van der Waals surface area contributed by atoms with Crippen molar-refractivity contribution in [3.05, 3.63) is 28.8 Å². The van der Waals surface area contributed by atoms with E-state index in [-0.39, 0.29) is 11.9 Å². The molecule has 0 heterocycles. The van der Waals surface area contributed by atoms with Gasteiger partial charge in [-0.25, -0.2) is 0 Å². The molecule has 0 bridgehead atoms. The van der Waals surface area contributed by atoms with E-state index in [0.29, 0.717) is 17.9 Å². The van der Waals surface area contributed by atoms with Gasteiger partial charge in [-0.2, -0.15) is 0 Å². The Kier molecular flexibility index (Phi) is 3.58. The molecule has 0 amide bonds. The number of aromatic hydroxyl groups is 1. The third kappa shape index (κ3) is 3.25. The lowest BCUT2D eigenvalue weighted by atomic mass is 10.1. The Morgan fingerprint density at radius 2 is 2.15 bits per heavy atom. The number of benzene rings is 1. The highest BCUT2D eigenvalue weighted by molar-refractivity contribution is 6.30. The fourth-order valence-corrected chi connectivity index (χ4v) is 1.28. The minimum absolute atomic E-state index is 0.202. The first kappa shape index (κ1) is 10.4. The van der Waals surface area contributed by atoms with Gasteiger partial charge in [0.2, 0.25) is 0 Å². The highest BCUT2D eigenvalue weighted by Crippen LogP contribution is 2.23. The molecule has 0 unspecified atom stereocenters. The monoisotopic (exact) mass is 200 g/mol. The quantitative estimate of drug-likeness (QED) is 0.787. The number of rotatable bonds is 3. The maximum absolute atomic E-state index is 9.44. The summed E-state index contributed by atoms with van der Waals surface area (Å²) in [5, 5.41) is 19.0. The normalized spacial score (nSPS) is 12.8. The predicted molar refractivity (Wildman–Crippen MR) is 53.1 cm³/mol. The van der Waals surface area contributed by atoms with Gasteiger partial charge in [-0.1, -0.05) is 17.7 Å². The number of halogens is 1. The fraction of sp³-hybridized carbons (Fsp3) is 0.400. The molecule has 0 saturated carbocycles. The smallest absolute Gasteiger partial charge is 0.120 e. The van der Waals surface area contributed by atoms with Gasteiger partial charge in [0.25, 0.3) is 0 Å². The highest BCUT2D eigenvalue weighted by atomic mass is 35.5. The second-order valence-corrected chi connectivity index (χ2v) is 3.60. The molecular formula is C10H13ClO2. The van der Waals surface area contributed by atoms with Crippen molar-refractivity contribution in [1.29, 1.82) is 0 Å². The molecule has 1 atom stereocenters. The lowest BCUT2D eigenvalue weighted by Gasteiger charge is -2.06. The molecule has 1 rings (SSSR count). The summed E-state index contributed by atoms with van der Waals surface area (Å²) >= 11 is 5.67. The van der Waals surface area contributed by atoms with Crippen LogP contribution in [0.5, 0.6) is 5.75 Å². The van der Waals surface area contributed by atoms with Crippen molar-refractivity contribution in [2.24, 2.45) is 0 Å². The van der Waals surface area contributed by atoms with E-state index in [4.69, 9.17) is 16.7 Å². The van der Waals surface area contributed by atoms with Crippen molar-refractivity contribution in [3.63, 3.8) is 0 Å². The predicted octanol–water partition coefficient (Wildman–Crippen LogP) is 2.36. The van der Waals surface area contributed by atoms with Crippen molar-refractivity contribution in [2.75, 3.05) is 0 Å². The highest BCUT2D eigenvalue weighted by Gasteiger charge is 2.03. The molecule has 72 valence electrons. The largest absolute Gasteiger partial charge is 0.508 e. The Hall–Kier alpha value is -0.730. The van der Waals surface area contributed by atoms with E-state index in [1.807, 2.05) is 0 Å². The van der Waals surface area contributed by atoms with Gasteiger partial charge in [0, 0.05) is 5.02 Å². The van der Waals surface area contributed by atoms with Crippen molar-refractivity contribution < 1.29 is 10.2 Å². The Balaban J connectivity index is 2.67. The van der Waals surface area contributed by atoms with Crippen molar-refractivity contribution >= 4 is 11.6 Å². The van der Waals surface area contributed by atoms with Crippen LogP contribution in [-0.4, -0.2) is 16.3 Å². The molecule has 2 N–H and O–H groups in total. The van der Waals surface area contributed by atoms with E-state index < -0.39 is 0 Å². The van der Waals surface area contributed by atoms with Crippen LogP contribution in [-0.2, 0) is 6.42 Å². The molecule has 0 aliphatic rings. The van der Waals surface area contributed by atoms with E-state index >= 15 is 0 Å². The van der Waals surface area contributed by atoms with Crippen molar-refractivity contribution in [1.82, 2.24) is 0 Å². The van der Waals surface area contributed by atoms with Crippen LogP contribution in [0.1, 0.15) is 18.9 Å². The zero-order valence-corrected chi connectivity index (χ0v) is 8.25. The van der Waals surface area contributed by atoms with E-state index in [9.17, 15) is 5.11 Å². The standard InChI is InChI=1S/C10H13ClO2/c1-7(12)2-3-8-4-5-9(11)6-10(8)13/h4-7,12-13H,2-3H2,1H3/t7-/m1/s1. The van der Waals surface area contributed by atoms with Crippen LogP contribution in [0, 0.1) is 0 Å². The molecule has 0 aliphatic heterocycles. The topological polar surface area (TPSA) is 40.5 Å². The van der Waals surface area contributed by atoms with Crippen molar-refractivity contribution in [2.45, 2.75) is 25.9 Å². The van der Waals surface area contributed by atoms with Gasteiger partial charge in [-0.15, -0.1) is 0 Å². The zero-order chi connectivity index (χ0) is 9.84. The molecule has 0 saturated heterocycles. The van der Waals surface area contributed by atoms with Gasteiger partial charge < -0.3 is 10.2 Å². The number of hydrogen-bond donors (Lipinski definition) is 2.